The van der Waals surface area contributed by atoms with Crippen LogP contribution >= 0.6 is 34.5 Å². The minimum absolute atomic E-state index is 0.143. The number of piperidine rings is 1. The van der Waals surface area contributed by atoms with Gasteiger partial charge in [0.2, 0.25) is 0 Å². The molecule has 34 heavy (non-hydrogen) atoms. The molecule has 5 nitrogen and oxygen atoms in total. The molecule has 1 aromatic heterocycles. The summed E-state index contributed by atoms with van der Waals surface area (Å²) in [6.07, 6.45) is 1.63. The number of amides is 1. The van der Waals surface area contributed by atoms with Crippen molar-refractivity contribution in [2.75, 3.05) is 13.1 Å². The minimum Gasteiger partial charge on any atom is -0.456 e. The zero-order valence-corrected chi connectivity index (χ0v) is 21.6. The van der Waals surface area contributed by atoms with E-state index in [4.69, 9.17) is 32.9 Å². The first kappa shape index (κ1) is 24.7. The lowest BCUT2D eigenvalue weighted by Gasteiger charge is -2.31. The van der Waals surface area contributed by atoms with Crippen LogP contribution in [0.15, 0.2) is 47.8 Å². The number of ether oxygens (including phenoxy) is 1. The molecule has 0 bridgehead atoms. The lowest BCUT2D eigenvalue weighted by molar-refractivity contribution is 0.00664. The van der Waals surface area contributed by atoms with E-state index in [2.05, 4.69) is 0 Å². The Morgan fingerprint density at radius 3 is 2.35 bits per heavy atom. The largest absolute Gasteiger partial charge is 0.456 e. The quantitative estimate of drug-likeness (QED) is 0.347. The number of carbonyl (C=O) groups is 2. The molecule has 2 heterocycles. The smallest absolute Gasteiger partial charge is 0.339 e. The van der Waals surface area contributed by atoms with Gasteiger partial charge in [-0.3, -0.25) is 4.79 Å². The first-order valence-electron chi connectivity index (χ1n) is 11.1. The van der Waals surface area contributed by atoms with Crippen molar-refractivity contribution in [2.24, 2.45) is 0 Å². The summed E-state index contributed by atoms with van der Waals surface area (Å²) in [6, 6.07) is 12.4. The van der Waals surface area contributed by atoms with Gasteiger partial charge in [0.05, 0.1) is 31.9 Å². The fourth-order valence-corrected chi connectivity index (χ4v) is 5.24. The zero-order valence-electron chi connectivity index (χ0n) is 19.3. The van der Waals surface area contributed by atoms with E-state index in [1.54, 1.807) is 41.7 Å². The van der Waals surface area contributed by atoms with Gasteiger partial charge in [-0.05, 0) is 57.9 Å². The standard InChI is InChI=1S/C26H26Cl2N2O3S/c1-26(2,3)33-25(32)19-7-5-4-6-18(19)24(31)30-12-10-16(11-13-30)23-29-22(15-34-23)17-8-9-20(27)21(28)14-17/h4-9,14-16H,10-13H2,1-3H3. The van der Waals surface area contributed by atoms with Crippen LogP contribution in [0, 0.1) is 0 Å². The lowest BCUT2D eigenvalue weighted by atomic mass is 9.96. The number of esters is 1. The van der Waals surface area contributed by atoms with Gasteiger partial charge in [-0.15, -0.1) is 11.3 Å². The van der Waals surface area contributed by atoms with Crippen molar-refractivity contribution in [3.8, 4) is 11.3 Å². The summed E-state index contributed by atoms with van der Waals surface area (Å²) in [6.45, 7) is 6.64. The number of benzene rings is 2. The molecule has 1 aliphatic rings. The van der Waals surface area contributed by atoms with Crippen LogP contribution in [0.2, 0.25) is 10.0 Å². The Labute approximate surface area is 213 Å². The summed E-state index contributed by atoms with van der Waals surface area (Å²) in [4.78, 5) is 32.6. The molecule has 0 aliphatic carbocycles. The highest BCUT2D eigenvalue weighted by Gasteiger charge is 2.29. The Bertz CT molecular complexity index is 1210. The number of aromatic nitrogens is 1. The predicted molar refractivity (Wildman–Crippen MR) is 137 cm³/mol. The maximum Gasteiger partial charge on any atom is 0.339 e. The van der Waals surface area contributed by atoms with E-state index >= 15 is 0 Å². The number of hydrogen-bond acceptors (Lipinski definition) is 5. The number of thiazole rings is 1. The van der Waals surface area contributed by atoms with Gasteiger partial charge < -0.3 is 9.64 Å². The Balaban J connectivity index is 1.43. The topological polar surface area (TPSA) is 59.5 Å². The van der Waals surface area contributed by atoms with Crippen LogP contribution in [0.3, 0.4) is 0 Å². The van der Waals surface area contributed by atoms with Crippen LogP contribution in [-0.2, 0) is 4.74 Å². The third kappa shape index (κ3) is 5.62. The first-order valence-corrected chi connectivity index (χ1v) is 12.8. The summed E-state index contributed by atoms with van der Waals surface area (Å²) < 4.78 is 5.50. The van der Waals surface area contributed by atoms with E-state index in [9.17, 15) is 9.59 Å². The summed E-state index contributed by atoms with van der Waals surface area (Å²) in [7, 11) is 0. The highest BCUT2D eigenvalue weighted by atomic mass is 35.5. The Morgan fingerprint density at radius 2 is 1.71 bits per heavy atom. The van der Waals surface area contributed by atoms with Gasteiger partial charge in [-0.2, -0.15) is 0 Å². The average Bonchev–Trinajstić information content (AvgIpc) is 3.30. The summed E-state index contributed by atoms with van der Waals surface area (Å²) in [5.41, 5.74) is 1.86. The summed E-state index contributed by atoms with van der Waals surface area (Å²) in [5, 5.41) is 4.12. The van der Waals surface area contributed by atoms with Crippen LogP contribution in [-0.4, -0.2) is 40.5 Å². The molecule has 1 saturated heterocycles. The van der Waals surface area contributed by atoms with E-state index in [-0.39, 0.29) is 11.8 Å². The molecule has 0 N–H and O–H groups in total. The van der Waals surface area contributed by atoms with Crippen LogP contribution in [0.5, 0.6) is 0 Å². The van der Waals surface area contributed by atoms with Crippen LogP contribution in [0.1, 0.15) is 65.3 Å². The highest BCUT2D eigenvalue weighted by molar-refractivity contribution is 7.10. The third-order valence-corrected chi connectivity index (χ3v) is 7.39. The molecular weight excluding hydrogens is 491 g/mol. The first-order chi connectivity index (χ1) is 16.1. The molecule has 0 unspecified atom stereocenters. The SMILES string of the molecule is CC(C)(C)OC(=O)c1ccccc1C(=O)N1CCC(c2nc(-c3ccc(Cl)c(Cl)c3)cs2)CC1. The molecule has 2 aromatic carbocycles. The molecule has 0 spiro atoms. The maximum absolute atomic E-state index is 13.3. The number of rotatable bonds is 4. The van der Waals surface area contributed by atoms with Crippen LogP contribution in [0.25, 0.3) is 11.3 Å². The normalized spacial score (nSPS) is 14.8. The number of carbonyl (C=O) groups excluding carboxylic acids is 2. The van der Waals surface area contributed by atoms with E-state index in [1.165, 1.54) is 0 Å². The molecule has 8 heteroatoms. The second kappa shape index (κ2) is 10.1. The number of nitrogens with zero attached hydrogens (tertiary/aromatic N) is 2. The van der Waals surface area contributed by atoms with Gasteiger partial charge in [0.1, 0.15) is 5.60 Å². The number of likely N-dealkylation sites (tertiary alicyclic amines) is 1. The molecule has 178 valence electrons. The van der Waals surface area contributed by atoms with Gasteiger partial charge >= 0.3 is 5.97 Å². The minimum atomic E-state index is -0.629. The van der Waals surface area contributed by atoms with Gasteiger partial charge in [-0.25, -0.2) is 9.78 Å². The van der Waals surface area contributed by atoms with Crippen LogP contribution < -0.4 is 0 Å². The highest BCUT2D eigenvalue weighted by Crippen LogP contribution is 2.35. The molecule has 1 aliphatic heterocycles. The van der Waals surface area contributed by atoms with Gasteiger partial charge in [-0.1, -0.05) is 41.4 Å². The van der Waals surface area contributed by atoms with Crippen molar-refractivity contribution in [2.45, 2.75) is 45.1 Å². The van der Waals surface area contributed by atoms with E-state index in [0.29, 0.717) is 34.3 Å². The van der Waals surface area contributed by atoms with Crippen molar-refractivity contribution >= 4 is 46.4 Å². The second-order valence-electron chi connectivity index (χ2n) is 9.31. The lowest BCUT2D eigenvalue weighted by Crippen LogP contribution is -2.38. The van der Waals surface area contributed by atoms with Crippen molar-refractivity contribution in [1.29, 1.82) is 0 Å². The predicted octanol–water partition coefficient (Wildman–Crippen LogP) is 7.09. The average molecular weight is 517 g/mol. The van der Waals surface area contributed by atoms with E-state index < -0.39 is 11.6 Å². The van der Waals surface area contributed by atoms with Gasteiger partial charge in [0.15, 0.2) is 0 Å². The molecule has 1 fully saturated rings. The van der Waals surface area contributed by atoms with Gasteiger partial charge in [0, 0.05) is 30.0 Å². The van der Waals surface area contributed by atoms with Crippen molar-refractivity contribution in [3.63, 3.8) is 0 Å². The maximum atomic E-state index is 13.3. The number of hydrogen-bond donors (Lipinski definition) is 0. The third-order valence-electron chi connectivity index (χ3n) is 5.64. The Kier molecular flexibility index (Phi) is 7.31. The Morgan fingerprint density at radius 1 is 1.03 bits per heavy atom. The van der Waals surface area contributed by atoms with Crippen molar-refractivity contribution in [3.05, 3.63) is 74.0 Å². The van der Waals surface area contributed by atoms with Gasteiger partial charge in [0.25, 0.3) is 5.91 Å². The second-order valence-corrected chi connectivity index (χ2v) is 11.0. The molecule has 0 atom stereocenters. The van der Waals surface area contributed by atoms with E-state index in [0.717, 1.165) is 29.1 Å². The Hall–Kier alpha value is -2.41. The fourth-order valence-electron chi connectivity index (χ4n) is 3.94. The van der Waals surface area contributed by atoms with E-state index in [1.807, 2.05) is 43.2 Å². The molecular formula is C26H26Cl2N2O3S. The molecule has 3 aromatic rings. The molecule has 0 radical (unpaired) electrons. The fraction of sp³-hybridized carbons (Fsp3) is 0.346. The summed E-state index contributed by atoms with van der Waals surface area (Å²) in [5.74, 6) is -0.342. The summed E-state index contributed by atoms with van der Waals surface area (Å²) >= 11 is 13.8. The van der Waals surface area contributed by atoms with Crippen LogP contribution in [0.4, 0.5) is 0 Å². The number of halogens is 2. The zero-order chi connectivity index (χ0) is 24.5. The van der Waals surface area contributed by atoms with Crippen molar-refractivity contribution in [1.82, 2.24) is 9.88 Å². The van der Waals surface area contributed by atoms with Crippen molar-refractivity contribution < 1.29 is 14.3 Å². The molecule has 4 rings (SSSR count). The molecule has 1 amide bonds. The molecule has 0 saturated carbocycles. The monoisotopic (exact) mass is 516 g/mol.